The molecule has 0 atom stereocenters. The summed E-state index contributed by atoms with van der Waals surface area (Å²) in [5.74, 6) is -0.343. The minimum absolute atomic E-state index is 0.159. The summed E-state index contributed by atoms with van der Waals surface area (Å²) in [6.07, 6.45) is 0. The van der Waals surface area contributed by atoms with Crippen LogP contribution < -0.4 is 0 Å². The Hall–Kier alpha value is -2.08. The van der Waals surface area contributed by atoms with Crippen LogP contribution in [0.25, 0.3) is 11.4 Å². The fourth-order valence-electron chi connectivity index (χ4n) is 1.95. The molecule has 104 valence electrons. The van der Waals surface area contributed by atoms with Crippen molar-refractivity contribution < 1.29 is 13.9 Å². The molecule has 0 bridgehead atoms. The van der Waals surface area contributed by atoms with Crippen molar-refractivity contribution in [2.45, 2.75) is 13.8 Å². The second-order valence-corrected chi connectivity index (χ2v) is 4.73. The van der Waals surface area contributed by atoms with Gasteiger partial charge < -0.3 is 9.72 Å². The van der Waals surface area contributed by atoms with E-state index in [1.54, 1.807) is 19.9 Å². The molecule has 1 aromatic carbocycles. The first kappa shape index (κ1) is 14.3. The van der Waals surface area contributed by atoms with E-state index in [0.29, 0.717) is 11.5 Å². The van der Waals surface area contributed by atoms with Gasteiger partial charge in [-0.3, -0.25) is 0 Å². The van der Waals surface area contributed by atoms with Gasteiger partial charge in [-0.25, -0.2) is 14.2 Å². The van der Waals surface area contributed by atoms with E-state index >= 15 is 0 Å². The second-order valence-electron chi connectivity index (χ2n) is 4.34. The highest BCUT2D eigenvalue weighted by atomic mass is 32.1. The number of hydrogen-bond acceptors (Lipinski definition) is 4. The number of halogens is 1. The maximum atomic E-state index is 13.1. The molecule has 1 aromatic heterocycles. The summed E-state index contributed by atoms with van der Waals surface area (Å²) < 4.78 is 18.0. The summed E-state index contributed by atoms with van der Waals surface area (Å²) in [6, 6.07) is 4.39. The second kappa shape index (κ2) is 5.50. The fourth-order valence-corrected chi connectivity index (χ4v) is 2.28. The molecular weight excluding hydrogens is 279 g/mol. The van der Waals surface area contributed by atoms with Crippen molar-refractivity contribution in [2.75, 3.05) is 7.11 Å². The quantitative estimate of drug-likeness (QED) is 0.681. The maximum absolute atomic E-state index is 13.1. The van der Waals surface area contributed by atoms with Crippen LogP contribution in [0, 0.1) is 24.3 Å². The predicted octanol–water partition coefficient (Wildman–Crippen LogP) is 3.35. The molecule has 0 aliphatic heterocycles. The first-order valence-corrected chi connectivity index (χ1v) is 6.30. The van der Waals surface area contributed by atoms with Gasteiger partial charge in [-0.1, -0.05) is 12.2 Å². The zero-order chi connectivity index (χ0) is 14.9. The van der Waals surface area contributed by atoms with Crippen molar-refractivity contribution in [1.82, 2.24) is 9.97 Å². The van der Waals surface area contributed by atoms with E-state index in [0.717, 1.165) is 11.1 Å². The molecule has 0 aliphatic carbocycles. The van der Waals surface area contributed by atoms with Gasteiger partial charge in [-0.15, -0.1) is 0 Å². The Morgan fingerprint density at radius 2 is 2.10 bits per heavy atom. The summed E-state index contributed by atoms with van der Waals surface area (Å²) in [5, 5.41) is 0. The zero-order valence-corrected chi connectivity index (χ0v) is 12.1. The van der Waals surface area contributed by atoms with Crippen molar-refractivity contribution in [3.05, 3.63) is 45.5 Å². The van der Waals surface area contributed by atoms with E-state index in [-0.39, 0.29) is 16.0 Å². The minimum atomic E-state index is -0.529. The number of carbonyl (C=O) groups excluding carboxylic acids is 1. The number of nitrogens with zero attached hydrogens (tertiary/aromatic N) is 1. The molecular formula is C14H13FN2O2S. The number of benzene rings is 1. The number of ether oxygens (including phenoxy) is 1. The van der Waals surface area contributed by atoms with Crippen LogP contribution in [-0.4, -0.2) is 23.0 Å². The lowest BCUT2D eigenvalue weighted by Gasteiger charge is -2.09. The van der Waals surface area contributed by atoms with Gasteiger partial charge in [0.25, 0.3) is 0 Å². The third kappa shape index (κ3) is 2.60. The minimum Gasteiger partial charge on any atom is -0.465 e. The molecule has 0 radical (unpaired) electrons. The average molecular weight is 292 g/mol. The van der Waals surface area contributed by atoms with E-state index in [1.807, 2.05) is 0 Å². The molecule has 0 saturated carbocycles. The number of carbonyl (C=O) groups is 1. The highest BCUT2D eigenvalue weighted by molar-refractivity contribution is 7.71. The Bertz CT molecular complexity index is 740. The lowest BCUT2D eigenvalue weighted by Crippen LogP contribution is -2.09. The van der Waals surface area contributed by atoms with Crippen molar-refractivity contribution in [1.29, 1.82) is 0 Å². The third-order valence-electron chi connectivity index (χ3n) is 2.94. The predicted molar refractivity (Wildman–Crippen MR) is 75.6 cm³/mol. The fraction of sp³-hybridized carbons (Fsp3) is 0.214. The van der Waals surface area contributed by atoms with Crippen molar-refractivity contribution in [2.24, 2.45) is 0 Å². The van der Waals surface area contributed by atoms with Gasteiger partial charge in [0.15, 0.2) is 0 Å². The Morgan fingerprint density at radius 3 is 2.65 bits per heavy atom. The topological polar surface area (TPSA) is 55.0 Å². The van der Waals surface area contributed by atoms with Crippen LogP contribution >= 0.6 is 12.2 Å². The van der Waals surface area contributed by atoms with E-state index in [4.69, 9.17) is 12.2 Å². The first-order valence-electron chi connectivity index (χ1n) is 5.89. The molecule has 2 aromatic rings. The van der Waals surface area contributed by atoms with E-state index in [9.17, 15) is 9.18 Å². The van der Waals surface area contributed by atoms with Crippen LogP contribution in [0.1, 0.15) is 21.6 Å². The zero-order valence-electron chi connectivity index (χ0n) is 11.3. The number of aryl methyl sites for hydroxylation is 2. The van der Waals surface area contributed by atoms with Gasteiger partial charge in [-0.05, 0) is 37.6 Å². The molecule has 20 heavy (non-hydrogen) atoms. The molecule has 6 heteroatoms. The summed E-state index contributed by atoms with van der Waals surface area (Å²) in [7, 11) is 1.29. The Morgan fingerprint density at radius 1 is 1.40 bits per heavy atom. The van der Waals surface area contributed by atoms with Crippen LogP contribution in [0.15, 0.2) is 18.2 Å². The van der Waals surface area contributed by atoms with E-state index in [2.05, 4.69) is 14.7 Å². The molecule has 0 spiro atoms. The Labute approximate surface area is 120 Å². The highest BCUT2D eigenvalue weighted by Crippen LogP contribution is 2.22. The van der Waals surface area contributed by atoms with E-state index in [1.165, 1.54) is 19.2 Å². The van der Waals surface area contributed by atoms with Crippen LogP contribution in [0.5, 0.6) is 0 Å². The first-order chi connectivity index (χ1) is 9.43. The van der Waals surface area contributed by atoms with Crippen molar-refractivity contribution in [3.63, 3.8) is 0 Å². The van der Waals surface area contributed by atoms with Crippen LogP contribution in [0.4, 0.5) is 4.39 Å². The lowest BCUT2D eigenvalue weighted by atomic mass is 10.1. The molecule has 0 aliphatic rings. The summed E-state index contributed by atoms with van der Waals surface area (Å²) in [6.45, 7) is 3.49. The monoisotopic (exact) mass is 292 g/mol. The normalized spacial score (nSPS) is 10.4. The van der Waals surface area contributed by atoms with Crippen LogP contribution in [0.3, 0.4) is 0 Å². The number of aromatic amines is 1. The Balaban J connectivity index is 2.61. The lowest BCUT2D eigenvalue weighted by molar-refractivity contribution is 0.0598. The van der Waals surface area contributed by atoms with Gasteiger partial charge in [-0.2, -0.15) is 0 Å². The van der Waals surface area contributed by atoms with Gasteiger partial charge in [0.05, 0.1) is 7.11 Å². The number of nitrogens with one attached hydrogen (secondary N) is 1. The number of aromatic nitrogens is 2. The average Bonchev–Trinajstić information content (AvgIpc) is 2.37. The number of rotatable bonds is 2. The van der Waals surface area contributed by atoms with Gasteiger partial charge in [0.2, 0.25) is 0 Å². The van der Waals surface area contributed by atoms with Crippen molar-refractivity contribution >= 4 is 18.2 Å². The number of methoxy groups -OCH3 is 1. The SMILES string of the molecule is COC(=O)c1c(C)[nH]c(-c2ccc(F)cc2C)nc1=S. The molecule has 1 heterocycles. The Kier molecular flexibility index (Phi) is 3.94. The summed E-state index contributed by atoms with van der Waals surface area (Å²) >= 11 is 5.13. The summed E-state index contributed by atoms with van der Waals surface area (Å²) in [5.41, 5.74) is 2.27. The van der Waals surface area contributed by atoms with Crippen LogP contribution in [0.2, 0.25) is 0 Å². The third-order valence-corrected chi connectivity index (χ3v) is 3.24. The molecule has 0 amide bonds. The molecule has 2 rings (SSSR count). The maximum Gasteiger partial charge on any atom is 0.342 e. The molecule has 0 saturated heterocycles. The van der Waals surface area contributed by atoms with E-state index < -0.39 is 5.97 Å². The standard InChI is InChI=1S/C14H13FN2O2S/c1-7-6-9(15)4-5-10(7)12-16-8(2)11(13(20)17-12)14(18)19-3/h4-6H,1-3H3,(H,16,17,20). The highest BCUT2D eigenvalue weighted by Gasteiger charge is 2.15. The number of H-pyrrole nitrogens is 1. The van der Waals surface area contributed by atoms with Crippen molar-refractivity contribution in [3.8, 4) is 11.4 Å². The summed E-state index contributed by atoms with van der Waals surface area (Å²) in [4.78, 5) is 18.8. The number of hydrogen-bond donors (Lipinski definition) is 1. The smallest absolute Gasteiger partial charge is 0.342 e. The molecule has 1 N–H and O–H groups in total. The molecule has 0 fully saturated rings. The van der Waals surface area contributed by atoms with Gasteiger partial charge >= 0.3 is 5.97 Å². The molecule has 4 nitrogen and oxygen atoms in total. The number of esters is 1. The van der Waals surface area contributed by atoms with Gasteiger partial charge in [0, 0.05) is 11.3 Å². The largest absolute Gasteiger partial charge is 0.465 e. The van der Waals surface area contributed by atoms with Crippen LogP contribution in [-0.2, 0) is 4.74 Å². The van der Waals surface area contributed by atoms with Gasteiger partial charge in [0.1, 0.15) is 21.8 Å². The molecule has 0 unspecified atom stereocenters.